The normalized spacial score (nSPS) is 13.5. The van der Waals surface area contributed by atoms with Crippen LogP contribution >= 0.6 is 0 Å². The first-order valence-electron chi connectivity index (χ1n) is 10.5. The van der Waals surface area contributed by atoms with Crippen molar-refractivity contribution in [3.63, 3.8) is 0 Å². The summed E-state index contributed by atoms with van der Waals surface area (Å²) >= 11 is 0. The molecule has 3 rings (SSSR count). The number of hydrogen-bond acceptors (Lipinski definition) is 5. The van der Waals surface area contributed by atoms with Crippen LogP contribution in [0.1, 0.15) is 38.3 Å². The van der Waals surface area contributed by atoms with Gasteiger partial charge in [-0.15, -0.1) is 0 Å². The van der Waals surface area contributed by atoms with E-state index in [-0.39, 0.29) is 18.2 Å². The molecule has 0 aliphatic rings. The molecule has 0 radical (unpaired) electrons. The minimum atomic E-state index is -1.40. The fourth-order valence-corrected chi connectivity index (χ4v) is 3.59. The zero-order valence-electron chi connectivity index (χ0n) is 18.3. The Bertz CT molecular complexity index is 1120. The molecule has 0 bridgehead atoms. The maximum absolute atomic E-state index is 13.5. The van der Waals surface area contributed by atoms with Gasteiger partial charge in [-0.1, -0.05) is 13.8 Å². The van der Waals surface area contributed by atoms with E-state index in [0.29, 0.717) is 22.6 Å². The second kappa shape index (κ2) is 10.5. The van der Waals surface area contributed by atoms with E-state index in [9.17, 15) is 28.9 Å². The zero-order valence-corrected chi connectivity index (χ0v) is 18.3. The lowest BCUT2D eigenvalue weighted by atomic mass is 10.0. The molecule has 2 N–H and O–H groups in total. The van der Waals surface area contributed by atoms with Crippen molar-refractivity contribution in [3.05, 3.63) is 71.9 Å². The second-order valence-electron chi connectivity index (χ2n) is 8.08. The van der Waals surface area contributed by atoms with Gasteiger partial charge in [0.15, 0.2) is 0 Å². The van der Waals surface area contributed by atoms with Crippen molar-refractivity contribution in [3.8, 4) is 22.6 Å². The standard InChI is InChI=1S/C25H26F2N2O4/c1-15(2)24-23(16-3-7-18(26)8-4-16)28-25(17-5-9-19(27)10-6-17)29(24)12-11-20(30)13-21(31)14-22(32)33/h3-12,15,20-21,30-31H,13-14H2,1-2H3,(H,32,33)/p-1/b12-11+/t20-,21-/m1/s1. The monoisotopic (exact) mass is 455 g/mol. The molecule has 0 fully saturated rings. The number of carbonyl (C=O) groups excluding carboxylic acids is 1. The van der Waals surface area contributed by atoms with E-state index in [4.69, 9.17) is 4.98 Å². The summed E-state index contributed by atoms with van der Waals surface area (Å²) in [7, 11) is 0. The van der Waals surface area contributed by atoms with Crippen molar-refractivity contribution in [2.24, 2.45) is 0 Å². The van der Waals surface area contributed by atoms with Crippen LogP contribution in [0, 0.1) is 11.6 Å². The summed E-state index contributed by atoms with van der Waals surface area (Å²) in [5.41, 5.74) is 2.71. The highest BCUT2D eigenvalue weighted by Crippen LogP contribution is 2.34. The number of aliphatic carboxylic acids is 1. The van der Waals surface area contributed by atoms with Crippen LogP contribution in [0.25, 0.3) is 28.8 Å². The van der Waals surface area contributed by atoms with Gasteiger partial charge in [-0.3, -0.25) is 0 Å². The summed E-state index contributed by atoms with van der Waals surface area (Å²) in [5, 5.41) is 30.7. The molecule has 0 unspecified atom stereocenters. The summed E-state index contributed by atoms with van der Waals surface area (Å²) in [6, 6.07) is 11.7. The van der Waals surface area contributed by atoms with Crippen LogP contribution < -0.4 is 5.11 Å². The Morgan fingerprint density at radius 2 is 1.58 bits per heavy atom. The molecule has 1 aromatic heterocycles. The van der Waals surface area contributed by atoms with Gasteiger partial charge in [0.05, 0.1) is 23.6 Å². The van der Waals surface area contributed by atoms with Gasteiger partial charge in [-0.05, 0) is 60.5 Å². The van der Waals surface area contributed by atoms with Gasteiger partial charge in [-0.25, -0.2) is 13.8 Å². The van der Waals surface area contributed by atoms with Gasteiger partial charge in [0.25, 0.3) is 0 Å². The molecule has 0 saturated heterocycles. The van der Waals surface area contributed by atoms with Gasteiger partial charge in [0, 0.05) is 36.1 Å². The predicted octanol–water partition coefficient (Wildman–Crippen LogP) is 3.34. The van der Waals surface area contributed by atoms with Crippen molar-refractivity contribution in [2.45, 2.75) is 44.8 Å². The third-order valence-electron chi connectivity index (χ3n) is 5.09. The first-order chi connectivity index (χ1) is 15.7. The Balaban J connectivity index is 2.08. The van der Waals surface area contributed by atoms with Crippen molar-refractivity contribution < 1.29 is 28.9 Å². The van der Waals surface area contributed by atoms with E-state index in [1.54, 1.807) is 35.0 Å². The summed E-state index contributed by atoms with van der Waals surface area (Å²) in [6.45, 7) is 3.92. The average molecular weight is 455 g/mol. The molecule has 0 amide bonds. The largest absolute Gasteiger partial charge is 0.550 e. The van der Waals surface area contributed by atoms with Crippen LogP contribution in [-0.4, -0.2) is 37.9 Å². The maximum Gasteiger partial charge on any atom is 0.144 e. The molecule has 0 spiro atoms. The number of carbonyl (C=O) groups is 1. The third kappa shape index (κ3) is 6.12. The van der Waals surface area contributed by atoms with Crippen molar-refractivity contribution in [1.82, 2.24) is 9.55 Å². The van der Waals surface area contributed by atoms with Crippen LogP contribution in [-0.2, 0) is 4.79 Å². The molecule has 0 aliphatic heterocycles. The lowest BCUT2D eigenvalue weighted by Crippen LogP contribution is -2.29. The Labute approximate surface area is 190 Å². The van der Waals surface area contributed by atoms with Crippen LogP contribution in [0.2, 0.25) is 0 Å². The van der Waals surface area contributed by atoms with E-state index in [2.05, 4.69) is 0 Å². The van der Waals surface area contributed by atoms with E-state index in [1.165, 1.54) is 30.3 Å². The number of imidazole rings is 1. The average Bonchev–Trinajstić information content (AvgIpc) is 3.12. The number of carboxylic acids is 1. The molecule has 174 valence electrons. The number of halogens is 2. The minimum Gasteiger partial charge on any atom is -0.550 e. The highest BCUT2D eigenvalue weighted by molar-refractivity contribution is 5.71. The SMILES string of the molecule is CC(C)c1c(-c2ccc(F)cc2)nc(-c2ccc(F)cc2)n1/C=C/[C@@H](O)C[C@@H](O)CC(=O)[O-]. The van der Waals surface area contributed by atoms with Crippen LogP contribution in [0.15, 0.2) is 54.6 Å². The highest BCUT2D eigenvalue weighted by Gasteiger charge is 2.21. The van der Waals surface area contributed by atoms with Gasteiger partial charge in [0.2, 0.25) is 0 Å². The van der Waals surface area contributed by atoms with Gasteiger partial charge >= 0.3 is 0 Å². The number of carboxylic acid groups (broad SMARTS) is 1. The molecule has 8 heteroatoms. The van der Waals surface area contributed by atoms with E-state index in [0.717, 1.165) is 5.69 Å². The predicted molar refractivity (Wildman–Crippen MR) is 119 cm³/mol. The summed E-state index contributed by atoms with van der Waals surface area (Å²) in [6.07, 6.45) is -0.140. The first kappa shape index (κ1) is 24.3. The van der Waals surface area contributed by atoms with Crippen molar-refractivity contribution in [1.29, 1.82) is 0 Å². The van der Waals surface area contributed by atoms with Crippen LogP contribution in [0.3, 0.4) is 0 Å². The van der Waals surface area contributed by atoms with Crippen LogP contribution in [0.4, 0.5) is 8.78 Å². The van der Waals surface area contributed by atoms with Crippen molar-refractivity contribution >= 4 is 12.2 Å². The number of nitrogens with zero attached hydrogens (tertiary/aromatic N) is 2. The Morgan fingerprint density at radius 1 is 1.03 bits per heavy atom. The van der Waals surface area contributed by atoms with E-state index >= 15 is 0 Å². The first-order valence-corrected chi connectivity index (χ1v) is 10.5. The number of benzene rings is 2. The van der Waals surface area contributed by atoms with Gasteiger partial charge < -0.3 is 24.7 Å². The number of aliphatic hydroxyl groups is 2. The maximum atomic E-state index is 13.5. The summed E-state index contributed by atoms with van der Waals surface area (Å²) < 4.78 is 28.7. The lowest BCUT2D eigenvalue weighted by Gasteiger charge is -2.15. The third-order valence-corrected chi connectivity index (χ3v) is 5.09. The van der Waals surface area contributed by atoms with E-state index < -0.39 is 30.4 Å². The van der Waals surface area contributed by atoms with E-state index in [1.807, 2.05) is 13.8 Å². The number of hydrogen-bond donors (Lipinski definition) is 2. The quantitative estimate of drug-likeness (QED) is 0.516. The lowest BCUT2D eigenvalue weighted by molar-refractivity contribution is -0.307. The Kier molecular flexibility index (Phi) is 7.73. The van der Waals surface area contributed by atoms with Crippen LogP contribution in [0.5, 0.6) is 0 Å². The molecule has 0 aliphatic carbocycles. The smallest absolute Gasteiger partial charge is 0.144 e. The molecule has 33 heavy (non-hydrogen) atoms. The second-order valence-corrected chi connectivity index (χ2v) is 8.08. The highest BCUT2D eigenvalue weighted by atomic mass is 19.1. The molecule has 1 heterocycles. The number of rotatable bonds is 9. The minimum absolute atomic E-state index is 0.0304. The molecular weight excluding hydrogens is 430 g/mol. The molecule has 3 aromatic rings. The molecule has 0 saturated carbocycles. The zero-order chi connectivity index (χ0) is 24.1. The number of aromatic nitrogens is 2. The molecule has 6 nitrogen and oxygen atoms in total. The molecule has 2 atom stereocenters. The van der Waals surface area contributed by atoms with Gasteiger partial charge in [0.1, 0.15) is 17.5 Å². The fourth-order valence-electron chi connectivity index (χ4n) is 3.59. The fraction of sp³-hybridized carbons (Fsp3) is 0.280. The summed E-state index contributed by atoms with van der Waals surface area (Å²) in [4.78, 5) is 15.4. The molecule has 2 aromatic carbocycles. The Morgan fingerprint density at radius 3 is 2.09 bits per heavy atom. The Hall–Kier alpha value is -3.36. The number of aliphatic hydroxyl groups excluding tert-OH is 2. The molecular formula is C25H25F2N2O4-. The summed E-state index contributed by atoms with van der Waals surface area (Å²) in [5.74, 6) is -1.72. The topological polar surface area (TPSA) is 98.4 Å². The van der Waals surface area contributed by atoms with Crippen molar-refractivity contribution in [2.75, 3.05) is 0 Å². The van der Waals surface area contributed by atoms with Gasteiger partial charge in [-0.2, -0.15) is 0 Å².